The van der Waals surface area contributed by atoms with Gasteiger partial charge in [0.05, 0.1) is 25.9 Å². The smallest absolute Gasteiger partial charge is 0.462 e. The summed E-state index contributed by atoms with van der Waals surface area (Å²) < 4.78 is 47.7. The Balaban J connectivity index is 2.57. The highest BCUT2D eigenvalue weighted by molar-refractivity contribution is 7.47. The molecule has 0 aromatic rings. The molecule has 0 bridgehead atoms. The van der Waals surface area contributed by atoms with E-state index in [1.807, 2.05) is 18.2 Å². The number of phosphoric acid groups is 2. The summed E-state index contributed by atoms with van der Waals surface area (Å²) in [5.41, 5.74) is 0. The van der Waals surface area contributed by atoms with Gasteiger partial charge in [-0.25, -0.2) is 9.13 Å². The molecule has 15 nitrogen and oxygen atoms in total. The highest BCUT2D eigenvalue weighted by atomic mass is 31.2. The summed E-state index contributed by atoms with van der Waals surface area (Å²) >= 11 is 0. The first-order valence-electron chi connectivity index (χ1n) is 21.1. The van der Waals surface area contributed by atoms with E-state index in [1.165, 1.54) is 32.1 Å². The molecule has 0 aromatic carbocycles. The van der Waals surface area contributed by atoms with E-state index in [1.54, 1.807) is 18.2 Å². The minimum absolute atomic E-state index is 0.000670. The van der Waals surface area contributed by atoms with Crippen molar-refractivity contribution >= 4 is 33.4 Å². The van der Waals surface area contributed by atoms with Gasteiger partial charge in [0.15, 0.2) is 11.9 Å². The fourth-order valence-electron chi connectivity index (χ4n) is 6.11. The minimum Gasteiger partial charge on any atom is -0.462 e. The van der Waals surface area contributed by atoms with Crippen molar-refractivity contribution in [1.82, 2.24) is 0 Å². The molecule has 5 N–H and O–H groups in total. The number of carbonyl (C=O) groups excluding carboxylic acids is 3. The van der Waals surface area contributed by atoms with Crippen molar-refractivity contribution in [3.05, 3.63) is 36.5 Å². The van der Waals surface area contributed by atoms with Gasteiger partial charge in [0.1, 0.15) is 12.7 Å². The maximum absolute atomic E-state index is 12.7. The Morgan fingerprint density at radius 1 is 0.759 bits per heavy atom. The third-order valence-corrected chi connectivity index (χ3v) is 10.9. The van der Waals surface area contributed by atoms with Gasteiger partial charge < -0.3 is 34.4 Å². The predicted molar refractivity (Wildman–Crippen MR) is 220 cm³/mol. The molecule has 58 heavy (non-hydrogen) atoms. The average Bonchev–Trinajstić information content (AvgIpc) is 3.51. The molecule has 0 radical (unpaired) electrons. The fraction of sp³-hybridized carbons (Fsp3) is 0.780. The molecule has 6 atom stereocenters. The van der Waals surface area contributed by atoms with E-state index >= 15 is 0 Å². The van der Waals surface area contributed by atoms with Gasteiger partial charge in [-0.3, -0.25) is 28.0 Å². The van der Waals surface area contributed by atoms with E-state index < -0.39 is 72.3 Å². The maximum atomic E-state index is 12.7. The summed E-state index contributed by atoms with van der Waals surface area (Å²) in [6.07, 6.45) is 23.7. The van der Waals surface area contributed by atoms with Crippen LogP contribution in [-0.2, 0) is 46.6 Å². The average molecular weight is 867 g/mol. The molecule has 1 aliphatic rings. The van der Waals surface area contributed by atoms with Crippen LogP contribution in [0.25, 0.3) is 0 Å². The standard InChI is InChI=1S/C41H72O15P2/c1-4-5-15-22-35(42)26-27-38-34(25-28-39(38)44)21-17-13-14-19-24-41(46)56-37(32-55-58(50,51)54-30-36(43)29-53-57(47,48)49)31-52-40(45)23-18-12-10-8-6-7-9-11-16-20-33(2)3/h13,17,25-28,33-38,42-43H,4-12,14-16,18-24,29-32H2,1-3H3,(H,50,51)(H2,47,48,49)/b17-13-,27-26+/t34-,35-,36-,37+,38+/m0/s1. The number of esters is 2. The second kappa shape index (κ2) is 31.8. The Morgan fingerprint density at radius 2 is 1.36 bits per heavy atom. The number of unbranched alkanes of at least 4 members (excludes halogenated alkanes) is 11. The number of hydrogen-bond acceptors (Lipinski definition) is 12. The van der Waals surface area contributed by atoms with Crippen LogP contribution in [0, 0.1) is 17.8 Å². The van der Waals surface area contributed by atoms with Crippen molar-refractivity contribution in [1.29, 1.82) is 0 Å². The third kappa shape index (κ3) is 30.1. The number of allylic oxidation sites excluding steroid dienone is 5. The summed E-state index contributed by atoms with van der Waals surface area (Å²) in [5.74, 6) is -0.797. The lowest BCUT2D eigenvalue weighted by atomic mass is 9.90. The van der Waals surface area contributed by atoms with Crippen LogP contribution in [0.2, 0.25) is 0 Å². The lowest BCUT2D eigenvalue weighted by molar-refractivity contribution is -0.161. The largest absolute Gasteiger partial charge is 0.472 e. The van der Waals surface area contributed by atoms with Crippen LogP contribution in [0.1, 0.15) is 143 Å². The zero-order chi connectivity index (χ0) is 43.2. The molecule has 0 heterocycles. The topological polar surface area (TPSA) is 233 Å². The van der Waals surface area contributed by atoms with E-state index in [-0.39, 0.29) is 30.5 Å². The highest BCUT2D eigenvalue weighted by Crippen LogP contribution is 2.44. The Morgan fingerprint density at radius 3 is 2.02 bits per heavy atom. The van der Waals surface area contributed by atoms with E-state index in [4.69, 9.17) is 23.8 Å². The lowest BCUT2D eigenvalue weighted by Gasteiger charge is -2.20. The molecule has 1 aliphatic carbocycles. The predicted octanol–water partition coefficient (Wildman–Crippen LogP) is 7.98. The number of ketones is 1. The molecule has 1 rings (SSSR count). The van der Waals surface area contributed by atoms with Gasteiger partial charge in [-0.15, -0.1) is 0 Å². The van der Waals surface area contributed by atoms with E-state index in [0.29, 0.717) is 32.1 Å². The lowest BCUT2D eigenvalue weighted by Crippen LogP contribution is -2.29. The van der Waals surface area contributed by atoms with Crippen LogP contribution >= 0.6 is 15.6 Å². The molecule has 0 amide bonds. The molecule has 1 unspecified atom stereocenters. The van der Waals surface area contributed by atoms with Crippen LogP contribution in [-0.4, -0.2) is 87.4 Å². The SMILES string of the molecule is CCCCC[C@H](O)/C=C/[C@H]1C(=O)C=C[C@@H]1C/C=C\CCCC(=O)O[C@H](COC(=O)CCCCCCCCCCCC(C)C)COP(=O)(O)OC[C@@H](O)COP(=O)(O)O. The van der Waals surface area contributed by atoms with Crippen molar-refractivity contribution < 1.29 is 71.5 Å². The van der Waals surface area contributed by atoms with Crippen LogP contribution in [0.15, 0.2) is 36.5 Å². The normalized spacial score (nSPS) is 18.6. The van der Waals surface area contributed by atoms with Crippen molar-refractivity contribution in [3.8, 4) is 0 Å². The van der Waals surface area contributed by atoms with Crippen molar-refractivity contribution in [2.24, 2.45) is 17.8 Å². The number of aliphatic hydroxyl groups is 2. The Hall–Kier alpha value is -2.03. The zero-order valence-electron chi connectivity index (χ0n) is 34.9. The molecule has 17 heteroatoms. The van der Waals surface area contributed by atoms with E-state index in [0.717, 1.165) is 50.9 Å². The molecule has 336 valence electrons. The Labute approximate surface area is 345 Å². The summed E-state index contributed by atoms with van der Waals surface area (Å²) in [4.78, 5) is 65.1. The second-order valence-electron chi connectivity index (χ2n) is 15.4. The number of carbonyl (C=O) groups is 3. The number of phosphoric ester groups is 2. The molecule has 0 aliphatic heterocycles. The van der Waals surface area contributed by atoms with Gasteiger partial charge in [0, 0.05) is 18.8 Å². The first-order chi connectivity index (χ1) is 27.5. The first-order valence-corrected chi connectivity index (χ1v) is 24.1. The Kier molecular flexibility index (Phi) is 29.6. The van der Waals surface area contributed by atoms with Gasteiger partial charge in [-0.2, -0.15) is 0 Å². The van der Waals surface area contributed by atoms with Crippen LogP contribution in [0.5, 0.6) is 0 Å². The fourth-order valence-corrected chi connectivity index (χ4v) is 7.27. The number of ether oxygens (including phenoxy) is 2. The van der Waals surface area contributed by atoms with Gasteiger partial charge in [0.25, 0.3) is 0 Å². The number of aliphatic hydroxyl groups excluding tert-OH is 2. The molecular formula is C41H72O15P2. The van der Waals surface area contributed by atoms with Gasteiger partial charge in [0.2, 0.25) is 0 Å². The number of rotatable bonds is 36. The quantitative estimate of drug-likeness (QED) is 0.0174. The summed E-state index contributed by atoms with van der Waals surface area (Å²) in [5, 5.41) is 20.0. The van der Waals surface area contributed by atoms with E-state index in [2.05, 4.69) is 29.8 Å². The van der Waals surface area contributed by atoms with E-state index in [9.17, 15) is 38.6 Å². The summed E-state index contributed by atoms with van der Waals surface area (Å²) in [6.45, 7) is 3.69. The maximum Gasteiger partial charge on any atom is 0.472 e. The third-order valence-electron chi connectivity index (χ3n) is 9.45. The summed E-state index contributed by atoms with van der Waals surface area (Å²) in [6, 6.07) is 0. The van der Waals surface area contributed by atoms with Crippen LogP contribution in [0.4, 0.5) is 0 Å². The van der Waals surface area contributed by atoms with Gasteiger partial charge >= 0.3 is 27.6 Å². The van der Waals surface area contributed by atoms with Crippen molar-refractivity contribution in [2.45, 2.75) is 161 Å². The Bertz CT molecular complexity index is 1330. The molecular weight excluding hydrogens is 794 g/mol. The van der Waals surface area contributed by atoms with Crippen LogP contribution in [0.3, 0.4) is 0 Å². The first kappa shape index (κ1) is 54.0. The minimum atomic E-state index is -4.89. The zero-order valence-corrected chi connectivity index (χ0v) is 36.7. The highest BCUT2D eigenvalue weighted by Gasteiger charge is 2.29. The molecule has 0 fully saturated rings. The second-order valence-corrected chi connectivity index (χ2v) is 18.1. The van der Waals surface area contributed by atoms with Crippen molar-refractivity contribution in [3.63, 3.8) is 0 Å². The van der Waals surface area contributed by atoms with Crippen LogP contribution < -0.4 is 0 Å². The summed E-state index contributed by atoms with van der Waals surface area (Å²) in [7, 11) is -9.75. The van der Waals surface area contributed by atoms with Gasteiger partial charge in [-0.1, -0.05) is 128 Å². The van der Waals surface area contributed by atoms with Gasteiger partial charge in [-0.05, 0) is 50.0 Å². The monoisotopic (exact) mass is 866 g/mol. The number of hydrogen-bond donors (Lipinski definition) is 5. The molecule has 0 saturated heterocycles. The molecule has 0 aromatic heterocycles. The van der Waals surface area contributed by atoms with Crippen molar-refractivity contribution in [2.75, 3.05) is 26.4 Å². The molecule has 0 saturated carbocycles. The molecule has 0 spiro atoms.